The molecule has 0 saturated heterocycles. The summed E-state index contributed by atoms with van der Waals surface area (Å²) >= 11 is 0. The number of anilines is 2. The van der Waals surface area contributed by atoms with E-state index in [1.165, 1.54) is 7.11 Å². The number of carbonyl (C=O) groups excluding carboxylic acids is 2. The second kappa shape index (κ2) is 5.73. The van der Waals surface area contributed by atoms with Crippen LogP contribution in [0, 0.1) is 0 Å². The Morgan fingerprint density at radius 2 is 2.21 bits per heavy atom. The maximum atomic E-state index is 11.9. The molecule has 1 N–H and O–H groups in total. The van der Waals surface area contributed by atoms with Crippen LogP contribution in [0.15, 0.2) is 18.2 Å². The number of ether oxygens (including phenoxy) is 1. The molecule has 5 heteroatoms. The standard InChI is InChI=1S/C14H18N2O3/c1-3-8-16-12-6-5-11(15-14(18)19-2)9-10(12)4-7-13(16)17/h5-6,9H,3-4,7-8H2,1-2H3,(H,15,18). The van der Waals surface area contributed by atoms with E-state index in [0.29, 0.717) is 18.5 Å². The van der Waals surface area contributed by atoms with Crippen molar-refractivity contribution in [1.29, 1.82) is 0 Å². The highest BCUT2D eigenvalue weighted by molar-refractivity contribution is 5.97. The molecule has 0 bridgehead atoms. The molecule has 0 spiro atoms. The van der Waals surface area contributed by atoms with Gasteiger partial charge in [-0.1, -0.05) is 6.92 Å². The fraction of sp³-hybridized carbons (Fsp3) is 0.429. The van der Waals surface area contributed by atoms with Crippen LogP contribution in [0.3, 0.4) is 0 Å². The third-order valence-corrected chi connectivity index (χ3v) is 3.16. The fourth-order valence-corrected chi connectivity index (χ4v) is 2.28. The first-order valence-corrected chi connectivity index (χ1v) is 6.44. The van der Waals surface area contributed by atoms with Gasteiger partial charge in [-0.3, -0.25) is 10.1 Å². The predicted molar refractivity (Wildman–Crippen MR) is 73.4 cm³/mol. The molecule has 0 unspecified atom stereocenters. The number of nitrogens with one attached hydrogen (secondary N) is 1. The zero-order valence-corrected chi connectivity index (χ0v) is 11.2. The molecule has 0 radical (unpaired) electrons. The molecule has 0 saturated carbocycles. The van der Waals surface area contributed by atoms with E-state index in [-0.39, 0.29) is 5.91 Å². The first kappa shape index (κ1) is 13.4. The van der Waals surface area contributed by atoms with Gasteiger partial charge >= 0.3 is 6.09 Å². The van der Waals surface area contributed by atoms with Crippen molar-refractivity contribution in [3.05, 3.63) is 23.8 Å². The molecule has 1 aliphatic heterocycles. The van der Waals surface area contributed by atoms with Crippen molar-refractivity contribution in [2.24, 2.45) is 0 Å². The molecular formula is C14H18N2O3. The summed E-state index contributed by atoms with van der Waals surface area (Å²) in [5.74, 6) is 0.169. The highest BCUT2D eigenvalue weighted by Crippen LogP contribution is 2.30. The van der Waals surface area contributed by atoms with Gasteiger partial charge in [-0.25, -0.2) is 4.79 Å². The van der Waals surface area contributed by atoms with Crippen LogP contribution >= 0.6 is 0 Å². The molecule has 0 aliphatic carbocycles. The van der Waals surface area contributed by atoms with E-state index in [0.717, 1.165) is 24.2 Å². The van der Waals surface area contributed by atoms with E-state index in [9.17, 15) is 9.59 Å². The highest BCUT2D eigenvalue weighted by atomic mass is 16.5. The number of rotatable bonds is 3. The highest BCUT2D eigenvalue weighted by Gasteiger charge is 2.23. The zero-order chi connectivity index (χ0) is 13.8. The zero-order valence-electron chi connectivity index (χ0n) is 11.2. The average molecular weight is 262 g/mol. The molecule has 1 heterocycles. The molecule has 0 aromatic heterocycles. The molecule has 19 heavy (non-hydrogen) atoms. The molecule has 102 valence electrons. The van der Waals surface area contributed by atoms with E-state index >= 15 is 0 Å². The van der Waals surface area contributed by atoms with Gasteiger partial charge in [0, 0.05) is 24.3 Å². The van der Waals surface area contributed by atoms with Gasteiger partial charge in [0.05, 0.1) is 7.11 Å². The van der Waals surface area contributed by atoms with Crippen LogP contribution in [0.5, 0.6) is 0 Å². The minimum absolute atomic E-state index is 0.169. The quantitative estimate of drug-likeness (QED) is 0.910. The number of aryl methyl sites for hydroxylation is 1. The van der Waals surface area contributed by atoms with Gasteiger partial charge in [0.2, 0.25) is 5.91 Å². The molecule has 2 amide bonds. The third kappa shape index (κ3) is 2.86. The normalized spacial score (nSPS) is 14.0. The van der Waals surface area contributed by atoms with Crippen LogP contribution < -0.4 is 10.2 Å². The van der Waals surface area contributed by atoms with Gasteiger partial charge in [-0.05, 0) is 36.6 Å². The summed E-state index contributed by atoms with van der Waals surface area (Å²) in [5, 5.41) is 2.64. The topological polar surface area (TPSA) is 58.6 Å². The fourth-order valence-electron chi connectivity index (χ4n) is 2.28. The summed E-state index contributed by atoms with van der Waals surface area (Å²) in [5.41, 5.74) is 2.73. The van der Waals surface area contributed by atoms with Gasteiger partial charge in [-0.15, -0.1) is 0 Å². The summed E-state index contributed by atoms with van der Waals surface area (Å²) < 4.78 is 4.56. The number of carbonyl (C=O) groups is 2. The SMILES string of the molecule is CCCN1C(=O)CCc2cc(NC(=O)OC)ccc21. The number of nitrogens with zero attached hydrogens (tertiary/aromatic N) is 1. The van der Waals surface area contributed by atoms with E-state index in [2.05, 4.69) is 17.0 Å². The molecule has 1 aromatic carbocycles. The monoisotopic (exact) mass is 262 g/mol. The summed E-state index contributed by atoms with van der Waals surface area (Å²) in [6.07, 6.45) is 1.67. The maximum absolute atomic E-state index is 11.9. The molecule has 0 atom stereocenters. The van der Waals surface area contributed by atoms with Crippen LogP contribution in [-0.2, 0) is 16.0 Å². The second-order valence-electron chi connectivity index (χ2n) is 4.51. The lowest BCUT2D eigenvalue weighted by Gasteiger charge is -2.29. The Morgan fingerprint density at radius 1 is 1.42 bits per heavy atom. The lowest BCUT2D eigenvalue weighted by atomic mass is 10.00. The Bertz CT molecular complexity index is 499. The first-order valence-electron chi connectivity index (χ1n) is 6.44. The van der Waals surface area contributed by atoms with Crippen molar-refractivity contribution in [1.82, 2.24) is 0 Å². The van der Waals surface area contributed by atoms with Crippen molar-refractivity contribution in [2.75, 3.05) is 23.9 Å². The van der Waals surface area contributed by atoms with Crippen LogP contribution in [-0.4, -0.2) is 25.7 Å². The molecule has 0 fully saturated rings. The smallest absolute Gasteiger partial charge is 0.411 e. The Morgan fingerprint density at radius 3 is 2.89 bits per heavy atom. The van der Waals surface area contributed by atoms with Crippen LogP contribution in [0.4, 0.5) is 16.2 Å². The second-order valence-corrected chi connectivity index (χ2v) is 4.51. The van der Waals surface area contributed by atoms with Gasteiger partial charge in [0.1, 0.15) is 0 Å². The van der Waals surface area contributed by atoms with E-state index in [1.54, 1.807) is 6.07 Å². The number of hydrogen-bond acceptors (Lipinski definition) is 3. The Hall–Kier alpha value is -2.04. The number of fused-ring (bicyclic) bond motifs is 1. The van der Waals surface area contributed by atoms with Crippen LogP contribution in [0.2, 0.25) is 0 Å². The number of methoxy groups -OCH3 is 1. The molecule has 1 aliphatic rings. The van der Waals surface area contributed by atoms with Crippen molar-refractivity contribution < 1.29 is 14.3 Å². The Balaban J connectivity index is 2.25. The lowest BCUT2D eigenvalue weighted by molar-refractivity contribution is -0.118. The summed E-state index contributed by atoms with van der Waals surface area (Å²) in [7, 11) is 1.33. The predicted octanol–water partition coefficient (Wildman–Crippen LogP) is 2.55. The van der Waals surface area contributed by atoms with E-state index in [4.69, 9.17) is 0 Å². The number of amides is 2. The van der Waals surface area contributed by atoms with E-state index < -0.39 is 6.09 Å². The largest absolute Gasteiger partial charge is 0.453 e. The molecule has 5 nitrogen and oxygen atoms in total. The minimum atomic E-state index is -0.489. The Kier molecular flexibility index (Phi) is 4.04. The van der Waals surface area contributed by atoms with Gasteiger partial charge in [-0.2, -0.15) is 0 Å². The Labute approximate surface area is 112 Å². The molecule has 2 rings (SSSR count). The number of hydrogen-bond donors (Lipinski definition) is 1. The van der Waals surface area contributed by atoms with Crippen molar-refractivity contribution in [3.8, 4) is 0 Å². The van der Waals surface area contributed by atoms with Crippen LogP contribution in [0.25, 0.3) is 0 Å². The van der Waals surface area contributed by atoms with Gasteiger partial charge in [0.15, 0.2) is 0 Å². The summed E-state index contributed by atoms with van der Waals surface area (Å²) in [6, 6.07) is 5.58. The van der Waals surface area contributed by atoms with Gasteiger partial charge < -0.3 is 9.64 Å². The van der Waals surface area contributed by atoms with E-state index in [1.807, 2.05) is 17.0 Å². The summed E-state index contributed by atoms with van der Waals surface area (Å²) in [6.45, 7) is 2.78. The third-order valence-electron chi connectivity index (χ3n) is 3.16. The van der Waals surface area contributed by atoms with Crippen molar-refractivity contribution in [3.63, 3.8) is 0 Å². The number of benzene rings is 1. The molecule has 1 aromatic rings. The molecular weight excluding hydrogens is 244 g/mol. The van der Waals surface area contributed by atoms with Crippen LogP contribution in [0.1, 0.15) is 25.3 Å². The minimum Gasteiger partial charge on any atom is -0.453 e. The van der Waals surface area contributed by atoms with Gasteiger partial charge in [0.25, 0.3) is 0 Å². The first-order chi connectivity index (χ1) is 9.15. The lowest BCUT2D eigenvalue weighted by Crippen LogP contribution is -2.35. The van der Waals surface area contributed by atoms with Crippen molar-refractivity contribution in [2.45, 2.75) is 26.2 Å². The summed E-state index contributed by atoms with van der Waals surface area (Å²) in [4.78, 5) is 24.9. The average Bonchev–Trinajstić information content (AvgIpc) is 2.42. The van der Waals surface area contributed by atoms with Crippen molar-refractivity contribution >= 4 is 23.4 Å². The maximum Gasteiger partial charge on any atom is 0.411 e.